The minimum atomic E-state index is -2.96. The summed E-state index contributed by atoms with van der Waals surface area (Å²) in [5.74, 6) is -2.53. The zero-order chi connectivity index (χ0) is 9.30. The molecule has 0 saturated heterocycles. The van der Waals surface area contributed by atoms with Gasteiger partial charge in [-0.3, -0.25) is 0 Å². The van der Waals surface area contributed by atoms with Crippen LogP contribution in [0, 0.1) is 18.8 Å². The van der Waals surface area contributed by atoms with Crippen LogP contribution in [-0.4, -0.2) is 4.98 Å². The van der Waals surface area contributed by atoms with Gasteiger partial charge in [-0.05, 0) is 18.6 Å². The van der Waals surface area contributed by atoms with E-state index >= 15 is 0 Å². The number of alkyl halides is 2. The molecule has 0 N–H and O–H groups in total. The molecule has 0 aromatic carbocycles. The summed E-state index contributed by atoms with van der Waals surface area (Å²) < 4.78 is 48.8. The van der Waals surface area contributed by atoms with Gasteiger partial charge in [-0.2, -0.15) is 13.8 Å². The highest BCUT2D eigenvalue weighted by molar-refractivity contribution is 5.24. The number of pyridine rings is 1. The van der Waals surface area contributed by atoms with Crippen LogP contribution < -0.4 is 0 Å². The first-order valence-corrected chi connectivity index (χ1v) is 3.13. The molecule has 0 atom stereocenters. The highest BCUT2D eigenvalue weighted by atomic mass is 19.3. The molecular formula is C7H5F4N. The number of rotatable bonds is 1. The molecule has 1 aromatic rings. The van der Waals surface area contributed by atoms with Gasteiger partial charge in [0.15, 0.2) is 0 Å². The molecule has 66 valence electrons. The van der Waals surface area contributed by atoms with Crippen LogP contribution in [-0.2, 0) is 0 Å². The van der Waals surface area contributed by atoms with E-state index in [1.807, 2.05) is 0 Å². The number of halogens is 4. The highest BCUT2D eigenvalue weighted by Gasteiger charge is 2.18. The summed E-state index contributed by atoms with van der Waals surface area (Å²) in [7, 11) is 0. The van der Waals surface area contributed by atoms with E-state index in [1.165, 1.54) is 6.92 Å². The summed E-state index contributed by atoms with van der Waals surface area (Å²) in [5, 5.41) is 0. The van der Waals surface area contributed by atoms with Gasteiger partial charge in [0.1, 0.15) is 0 Å². The topological polar surface area (TPSA) is 12.9 Å². The number of nitrogens with zero attached hydrogens (tertiary/aromatic N) is 1. The Labute approximate surface area is 66.0 Å². The molecule has 1 nitrogen and oxygen atoms in total. The first kappa shape index (κ1) is 8.96. The zero-order valence-electron chi connectivity index (χ0n) is 6.11. The van der Waals surface area contributed by atoms with Gasteiger partial charge >= 0.3 is 0 Å². The SMILES string of the molecule is Cc1cc(F)nc(F)c1C(F)F. The monoisotopic (exact) mass is 179 g/mol. The van der Waals surface area contributed by atoms with Crippen LogP contribution in [0.3, 0.4) is 0 Å². The van der Waals surface area contributed by atoms with Crippen LogP contribution in [0.4, 0.5) is 17.6 Å². The second-order valence-corrected chi connectivity index (χ2v) is 2.27. The van der Waals surface area contributed by atoms with Crippen molar-refractivity contribution in [3.05, 3.63) is 29.1 Å². The van der Waals surface area contributed by atoms with Crippen LogP contribution in [0.15, 0.2) is 6.07 Å². The smallest absolute Gasteiger partial charge is 0.205 e. The fraction of sp³-hybridized carbons (Fsp3) is 0.286. The minimum absolute atomic E-state index is 0.130. The summed E-state index contributed by atoms with van der Waals surface area (Å²) in [6, 6.07) is 0.768. The predicted molar refractivity (Wildman–Crippen MR) is 33.8 cm³/mol. The molecule has 1 heterocycles. The number of hydrogen-bond donors (Lipinski definition) is 0. The van der Waals surface area contributed by atoms with Crippen LogP contribution >= 0.6 is 0 Å². The molecule has 0 aliphatic carbocycles. The van der Waals surface area contributed by atoms with Crippen molar-refractivity contribution in [2.75, 3.05) is 0 Å². The first-order chi connectivity index (χ1) is 5.52. The van der Waals surface area contributed by atoms with Crippen LogP contribution in [0.1, 0.15) is 17.6 Å². The Morgan fingerprint density at radius 2 is 1.92 bits per heavy atom. The first-order valence-electron chi connectivity index (χ1n) is 3.13. The van der Waals surface area contributed by atoms with Crippen molar-refractivity contribution in [3.63, 3.8) is 0 Å². The van der Waals surface area contributed by atoms with E-state index in [0.717, 1.165) is 6.07 Å². The molecule has 0 spiro atoms. The molecule has 1 rings (SSSR count). The lowest BCUT2D eigenvalue weighted by Crippen LogP contribution is -2.00. The maximum absolute atomic E-state index is 12.5. The Morgan fingerprint density at radius 3 is 2.33 bits per heavy atom. The van der Waals surface area contributed by atoms with E-state index in [9.17, 15) is 17.6 Å². The van der Waals surface area contributed by atoms with Crippen molar-refractivity contribution in [1.29, 1.82) is 0 Å². The molecule has 12 heavy (non-hydrogen) atoms. The molecule has 5 heteroatoms. The normalized spacial score (nSPS) is 10.8. The minimum Gasteiger partial charge on any atom is -0.205 e. The van der Waals surface area contributed by atoms with E-state index in [0.29, 0.717) is 0 Å². The molecule has 0 aliphatic heterocycles. The molecule has 0 saturated carbocycles. The van der Waals surface area contributed by atoms with Gasteiger partial charge in [0.25, 0.3) is 6.43 Å². The lowest BCUT2D eigenvalue weighted by Gasteiger charge is -2.04. The van der Waals surface area contributed by atoms with Crippen LogP contribution in [0.2, 0.25) is 0 Å². The van der Waals surface area contributed by atoms with Gasteiger partial charge in [-0.15, -0.1) is 0 Å². The van der Waals surface area contributed by atoms with Gasteiger partial charge in [0.05, 0.1) is 5.56 Å². The third kappa shape index (κ3) is 1.54. The van der Waals surface area contributed by atoms with Gasteiger partial charge in [-0.1, -0.05) is 0 Å². The number of aryl methyl sites for hydroxylation is 1. The fourth-order valence-corrected chi connectivity index (χ4v) is 0.868. The summed E-state index contributed by atoms with van der Waals surface area (Å²) in [6.45, 7) is 1.20. The fourth-order valence-electron chi connectivity index (χ4n) is 0.868. The van der Waals surface area contributed by atoms with Crippen molar-refractivity contribution in [1.82, 2.24) is 4.98 Å². The van der Waals surface area contributed by atoms with Crippen molar-refractivity contribution >= 4 is 0 Å². The van der Waals surface area contributed by atoms with Gasteiger partial charge < -0.3 is 0 Å². The molecule has 0 unspecified atom stereocenters. The van der Waals surface area contributed by atoms with E-state index in [2.05, 4.69) is 4.98 Å². The average Bonchev–Trinajstić information content (AvgIpc) is 1.82. The Balaban J connectivity index is 3.28. The van der Waals surface area contributed by atoms with E-state index in [1.54, 1.807) is 0 Å². The van der Waals surface area contributed by atoms with Crippen molar-refractivity contribution < 1.29 is 17.6 Å². The van der Waals surface area contributed by atoms with Gasteiger partial charge in [-0.25, -0.2) is 8.78 Å². The molecule has 0 radical (unpaired) electrons. The Hall–Kier alpha value is -1.13. The highest BCUT2D eigenvalue weighted by Crippen LogP contribution is 2.24. The van der Waals surface area contributed by atoms with Gasteiger partial charge in [0, 0.05) is 0 Å². The predicted octanol–water partition coefficient (Wildman–Crippen LogP) is 2.61. The van der Waals surface area contributed by atoms with E-state index < -0.39 is 23.9 Å². The third-order valence-electron chi connectivity index (χ3n) is 1.41. The van der Waals surface area contributed by atoms with E-state index in [4.69, 9.17) is 0 Å². The Kier molecular flexibility index (Phi) is 2.30. The number of aromatic nitrogens is 1. The Bertz CT molecular complexity index is 274. The maximum atomic E-state index is 12.5. The maximum Gasteiger partial charge on any atom is 0.268 e. The molecular weight excluding hydrogens is 174 g/mol. The largest absolute Gasteiger partial charge is 0.268 e. The van der Waals surface area contributed by atoms with Crippen molar-refractivity contribution in [3.8, 4) is 0 Å². The second kappa shape index (κ2) is 3.08. The van der Waals surface area contributed by atoms with Crippen molar-refractivity contribution in [2.45, 2.75) is 13.3 Å². The Morgan fingerprint density at radius 1 is 1.33 bits per heavy atom. The average molecular weight is 179 g/mol. The standard InChI is InChI=1S/C7H5F4N/c1-3-2-4(8)12-7(11)5(3)6(9)10/h2,6H,1H3. The van der Waals surface area contributed by atoms with Crippen molar-refractivity contribution in [2.24, 2.45) is 0 Å². The zero-order valence-corrected chi connectivity index (χ0v) is 6.11. The molecule has 0 amide bonds. The van der Waals surface area contributed by atoms with Crippen LogP contribution in [0.25, 0.3) is 0 Å². The molecule has 0 fully saturated rings. The number of hydrogen-bond acceptors (Lipinski definition) is 1. The van der Waals surface area contributed by atoms with Gasteiger partial charge in [0.2, 0.25) is 11.9 Å². The van der Waals surface area contributed by atoms with E-state index in [-0.39, 0.29) is 5.56 Å². The lowest BCUT2D eigenvalue weighted by atomic mass is 10.1. The second-order valence-electron chi connectivity index (χ2n) is 2.27. The molecule has 1 aromatic heterocycles. The van der Waals surface area contributed by atoms with Crippen LogP contribution in [0.5, 0.6) is 0 Å². The lowest BCUT2D eigenvalue weighted by molar-refractivity contribution is 0.144. The molecule has 0 aliphatic rings. The summed E-state index contributed by atoms with van der Waals surface area (Å²) in [6.07, 6.45) is -2.96. The summed E-state index contributed by atoms with van der Waals surface area (Å²) in [5.41, 5.74) is -0.966. The molecule has 0 bridgehead atoms. The summed E-state index contributed by atoms with van der Waals surface area (Å²) in [4.78, 5) is 2.64. The quantitative estimate of drug-likeness (QED) is 0.477. The third-order valence-corrected chi connectivity index (χ3v) is 1.41. The summed E-state index contributed by atoms with van der Waals surface area (Å²) >= 11 is 0.